The van der Waals surface area contributed by atoms with E-state index in [1.165, 1.54) is 34.7 Å². The number of pyridine rings is 2. The number of nitriles is 1. The van der Waals surface area contributed by atoms with E-state index in [9.17, 15) is 19.2 Å². The highest BCUT2D eigenvalue weighted by molar-refractivity contribution is 5.95. The lowest BCUT2D eigenvalue weighted by molar-refractivity contribution is 0.0997. The molecule has 1 amide bonds. The Bertz CT molecular complexity index is 1550. The first-order valence-corrected chi connectivity index (χ1v) is 10.2. The number of hydrogen-bond donors (Lipinski definition) is 0. The Morgan fingerprint density at radius 1 is 1.24 bits per heavy atom. The lowest BCUT2D eigenvalue weighted by Gasteiger charge is -2.14. The number of aromatic nitrogens is 3. The number of benzene rings is 1. The van der Waals surface area contributed by atoms with E-state index in [0.717, 1.165) is 5.56 Å². The van der Waals surface area contributed by atoms with Crippen molar-refractivity contribution in [3.8, 4) is 6.07 Å². The van der Waals surface area contributed by atoms with E-state index < -0.39 is 11.7 Å². The highest BCUT2D eigenvalue weighted by atomic mass is 19.1. The maximum absolute atomic E-state index is 13.3. The third kappa shape index (κ3) is 4.16. The van der Waals surface area contributed by atoms with Gasteiger partial charge in [0.25, 0.3) is 11.5 Å². The Morgan fingerprint density at radius 3 is 2.70 bits per heavy atom. The van der Waals surface area contributed by atoms with Crippen LogP contribution < -0.4 is 11.0 Å². The average Bonchev–Trinajstić information content (AvgIpc) is 2.81. The smallest absolute Gasteiger partial charge is 0.278 e. The molecule has 0 atom stereocenters. The molecule has 0 aliphatic rings. The molecule has 0 bridgehead atoms. The van der Waals surface area contributed by atoms with Crippen LogP contribution in [0.4, 0.5) is 4.39 Å². The van der Waals surface area contributed by atoms with Gasteiger partial charge in [0.1, 0.15) is 23.2 Å². The van der Waals surface area contributed by atoms with Crippen LogP contribution >= 0.6 is 0 Å². The van der Waals surface area contributed by atoms with Gasteiger partial charge in [-0.15, -0.1) is 0 Å². The molecule has 1 aromatic carbocycles. The van der Waals surface area contributed by atoms with Crippen LogP contribution in [0.15, 0.2) is 58.4 Å². The van der Waals surface area contributed by atoms with E-state index in [2.05, 4.69) is 4.99 Å². The van der Waals surface area contributed by atoms with E-state index in [0.29, 0.717) is 30.9 Å². The summed E-state index contributed by atoms with van der Waals surface area (Å²) in [7, 11) is 1.57. The van der Waals surface area contributed by atoms with Crippen molar-refractivity contribution in [1.29, 1.82) is 5.26 Å². The number of amides is 1. The second kappa shape index (κ2) is 9.14. The van der Waals surface area contributed by atoms with E-state index in [4.69, 9.17) is 9.72 Å². The van der Waals surface area contributed by atoms with Gasteiger partial charge in [0.15, 0.2) is 5.49 Å². The fraction of sp³-hybridized carbons (Fsp3) is 0.208. The molecule has 166 valence electrons. The molecule has 3 aromatic heterocycles. The molecule has 4 rings (SSSR count). The first-order chi connectivity index (χ1) is 15.9. The van der Waals surface area contributed by atoms with Gasteiger partial charge in [0.2, 0.25) is 0 Å². The summed E-state index contributed by atoms with van der Waals surface area (Å²) in [5, 5.41) is 10.0. The van der Waals surface area contributed by atoms with E-state index in [-0.39, 0.29) is 27.6 Å². The largest absolute Gasteiger partial charge is 0.385 e. The summed E-state index contributed by atoms with van der Waals surface area (Å²) in [4.78, 5) is 34.9. The molecular formula is C24H20FN5O3. The lowest BCUT2D eigenvalue weighted by atomic mass is 10.2. The number of halogens is 1. The lowest BCUT2D eigenvalue weighted by Crippen LogP contribution is -2.30. The van der Waals surface area contributed by atoms with Gasteiger partial charge in [-0.3, -0.25) is 14.0 Å². The first-order valence-electron chi connectivity index (χ1n) is 10.2. The fourth-order valence-corrected chi connectivity index (χ4v) is 3.62. The van der Waals surface area contributed by atoms with E-state index in [1.54, 1.807) is 23.9 Å². The standard InChI is InChI=1S/C24H20FN5O3/c1-15-5-3-10-30-20(15)27-22-19(24(30)32)13-17(14-26)21(29(22)11-4-12-33-2)28-23(31)16-6-8-18(25)9-7-16/h3,5-10,13H,4,11-12H2,1-2H3. The number of carbonyl (C=O) groups is 1. The van der Waals surface area contributed by atoms with Crippen molar-refractivity contribution >= 4 is 22.6 Å². The Hall–Kier alpha value is -4.16. The molecule has 8 nitrogen and oxygen atoms in total. The number of nitrogens with zero attached hydrogens (tertiary/aromatic N) is 5. The van der Waals surface area contributed by atoms with Crippen molar-refractivity contribution in [3.05, 3.63) is 87.0 Å². The molecule has 0 spiro atoms. The first kappa shape index (κ1) is 22.0. The van der Waals surface area contributed by atoms with Gasteiger partial charge in [0, 0.05) is 32.0 Å². The summed E-state index contributed by atoms with van der Waals surface area (Å²) < 4.78 is 21.4. The molecule has 0 radical (unpaired) electrons. The van der Waals surface area contributed by atoms with Crippen LogP contribution in [0.2, 0.25) is 0 Å². The van der Waals surface area contributed by atoms with Crippen LogP contribution in [-0.2, 0) is 11.3 Å². The van der Waals surface area contributed by atoms with Gasteiger partial charge in [-0.2, -0.15) is 10.3 Å². The normalized spacial score (nSPS) is 11.8. The van der Waals surface area contributed by atoms with Gasteiger partial charge in [0.05, 0.1) is 10.9 Å². The summed E-state index contributed by atoms with van der Waals surface area (Å²) in [5.41, 5.74) is 1.57. The minimum Gasteiger partial charge on any atom is -0.385 e. The summed E-state index contributed by atoms with van der Waals surface area (Å²) in [5.74, 6) is -1.11. The molecule has 33 heavy (non-hydrogen) atoms. The number of fused-ring (bicyclic) bond motifs is 2. The average molecular weight is 445 g/mol. The zero-order chi connectivity index (χ0) is 23.5. The second-order valence-corrected chi connectivity index (χ2v) is 7.45. The minimum atomic E-state index is -0.639. The quantitative estimate of drug-likeness (QED) is 0.347. The molecule has 3 heterocycles. The molecule has 0 fully saturated rings. The third-order valence-corrected chi connectivity index (χ3v) is 5.25. The van der Waals surface area contributed by atoms with Crippen LogP contribution in [0.5, 0.6) is 0 Å². The predicted molar refractivity (Wildman–Crippen MR) is 119 cm³/mol. The van der Waals surface area contributed by atoms with Crippen LogP contribution in [0, 0.1) is 24.1 Å². The number of hydrogen-bond acceptors (Lipinski definition) is 5. The van der Waals surface area contributed by atoms with Crippen LogP contribution in [0.3, 0.4) is 0 Å². The summed E-state index contributed by atoms with van der Waals surface area (Å²) in [6.07, 6.45) is 2.15. The molecule has 0 saturated carbocycles. The van der Waals surface area contributed by atoms with Crippen LogP contribution in [-0.4, -0.2) is 33.6 Å². The maximum Gasteiger partial charge on any atom is 0.278 e. The van der Waals surface area contributed by atoms with Crippen molar-refractivity contribution < 1.29 is 13.9 Å². The van der Waals surface area contributed by atoms with Crippen molar-refractivity contribution in [2.24, 2.45) is 4.99 Å². The predicted octanol–water partition coefficient (Wildman–Crippen LogP) is 2.75. The van der Waals surface area contributed by atoms with Crippen molar-refractivity contribution in [3.63, 3.8) is 0 Å². The molecule has 9 heteroatoms. The topological polar surface area (TPSA) is 102 Å². The maximum atomic E-state index is 13.3. The zero-order valence-electron chi connectivity index (χ0n) is 18.1. The van der Waals surface area contributed by atoms with Crippen molar-refractivity contribution in [2.75, 3.05) is 13.7 Å². The van der Waals surface area contributed by atoms with Crippen LogP contribution in [0.1, 0.15) is 27.9 Å². The minimum absolute atomic E-state index is 0.0573. The van der Waals surface area contributed by atoms with Gasteiger partial charge in [-0.05, 0) is 55.3 Å². The fourth-order valence-electron chi connectivity index (χ4n) is 3.62. The van der Waals surface area contributed by atoms with Crippen molar-refractivity contribution in [1.82, 2.24) is 14.0 Å². The monoisotopic (exact) mass is 445 g/mol. The molecular weight excluding hydrogens is 425 g/mol. The van der Waals surface area contributed by atoms with Crippen LogP contribution in [0.25, 0.3) is 16.7 Å². The molecule has 4 aromatic rings. The summed E-state index contributed by atoms with van der Waals surface area (Å²) in [6.45, 7) is 2.57. The zero-order valence-corrected chi connectivity index (χ0v) is 18.1. The molecule has 0 unspecified atom stereocenters. The number of ether oxygens (including phenoxy) is 1. The number of carbonyl (C=O) groups excluding carboxylic acids is 1. The second-order valence-electron chi connectivity index (χ2n) is 7.45. The number of aryl methyl sites for hydroxylation is 2. The third-order valence-electron chi connectivity index (χ3n) is 5.25. The Labute approximate surface area is 187 Å². The van der Waals surface area contributed by atoms with Gasteiger partial charge >= 0.3 is 0 Å². The Kier molecular flexibility index (Phi) is 6.11. The molecule has 0 aliphatic carbocycles. The Balaban J connectivity index is 2.06. The van der Waals surface area contributed by atoms with Gasteiger partial charge in [-0.1, -0.05) is 6.07 Å². The van der Waals surface area contributed by atoms with Gasteiger partial charge in [-0.25, -0.2) is 9.37 Å². The Morgan fingerprint density at radius 2 is 2.00 bits per heavy atom. The highest BCUT2D eigenvalue weighted by Crippen LogP contribution is 2.13. The highest BCUT2D eigenvalue weighted by Gasteiger charge is 2.16. The summed E-state index contributed by atoms with van der Waals surface area (Å²) >= 11 is 0. The van der Waals surface area contributed by atoms with E-state index in [1.807, 2.05) is 19.1 Å². The molecule has 0 aliphatic heterocycles. The molecule has 0 saturated heterocycles. The molecule has 0 N–H and O–H groups in total. The van der Waals surface area contributed by atoms with Crippen molar-refractivity contribution in [2.45, 2.75) is 19.9 Å². The SMILES string of the molecule is COCCCn1c(=NC(=O)c2ccc(F)cc2)c(C#N)cc2c(=O)n3cccc(C)c3nc21. The number of rotatable bonds is 5. The van der Waals surface area contributed by atoms with Gasteiger partial charge < -0.3 is 9.30 Å². The van der Waals surface area contributed by atoms with E-state index >= 15 is 0 Å². The summed E-state index contributed by atoms with van der Waals surface area (Å²) in [6, 6.07) is 12.0. The number of methoxy groups -OCH3 is 1.